The van der Waals surface area contributed by atoms with Gasteiger partial charge in [-0.3, -0.25) is 4.40 Å². The lowest BCUT2D eigenvalue weighted by molar-refractivity contribution is 1.20. The molecule has 0 amide bonds. The van der Waals surface area contributed by atoms with Crippen molar-refractivity contribution >= 4 is 39.7 Å². The fraction of sp³-hybridized carbons (Fsp3) is 0.0833. The van der Waals surface area contributed by atoms with Crippen LogP contribution in [0.1, 0.15) is 5.56 Å². The summed E-state index contributed by atoms with van der Waals surface area (Å²) in [7, 11) is 0. The second kappa shape index (κ2) is 4.72. The molecule has 2 aromatic heterocycles. The quantitative estimate of drug-likeness (QED) is 0.664. The summed E-state index contributed by atoms with van der Waals surface area (Å²) in [6.45, 7) is 0. The molecule has 0 bridgehead atoms. The molecule has 0 radical (unpaired) electrons. The van der Waals surface area contributed by atoms with E-state index in [1.54, 1.807) is 23.1 Å². The summed E-state index contributed by atoms with van der Waals surface area (Å²) in [5.74, 6) is 0.894. The molecule has 3 rings (SSSR count). The van der Waals surface area contributed by atoms with Gasteiger partial charge in [-0.05, 0) is 5.56 Å². The van der Waals surface area contributed by atoms with Gasteiger partial charge < -0.3 is 0 Å². The number of aromatic nitrogens is 2. The van der Waals surface area contributed by atoms with Crippen LogP contribution in [0.4, 0.5) is 0 Å². The van der Waals surface area contributed by atoms with Crippen LogP contribution in [0.15, 0.2) is 46.9 Å². The summed E-state index contributed by atoms with van der Waals surface area (Å²) in [5, 5.41) is 3.60. The molecule has 0 aliphatic carbocycles. The van der Waals surface area contributed by atoms with Crippen molar-refractivity contribution in [1.29, 1.82) is 0 Å². The Balaban J connectivity index is 1.81. The molecular formula is C12H9ClN2S2. The van der Waals surface area contributed by atoms with Gasteiger partial charge in [-0.15, -0.1) is 11.3 Å². The standard InChI is InChI=1S/C12H9ClN2S2/c13-10-11(14-12-15(10)6-7-16-12)17-8-9-4-2-1-3-5-9/h1-7H,8H2. The Hall–Kier alpha value is -0.970. The van der Waals surface area contributed by atoms with E-state index in [0.29, 0.717) is 5.15 Å². The van der Waals surface area contributed by atoms with Gasteiger partial charge in [-0.25, -0.2) is 4.98 Å². The zero-order valence-electron chi connectivity index (χ0n) is 8.84. The number of thiazole rings is 1. The topological polar surface area (TPSA) is 17.3 Å². The number of nitrogens with zero attached hydrogens (tertiary/aromatic N) is 2. The molecule has 17 heavy (non-hydrogen) atoms. The number of hydrogen-bond acceptors (Lipinski definition) is 3. The summed E-state index contributed by atoms with van der Waals surface area (Å²) in [4.78, 5) is 5.45. The number of fused-ring (bicyclic) bond motifs is 1. The minimum Gasteiger partial charge on any atom is -0.280 e. The van der Waals surface area contributed by atoms with E-state index in [1.807, 2.05) is 34.2 Å². The first-order chi connectivity index (χ1) is 8.34. The molecule has 0 N–H and O–H groups in total. The molecule has 0 aliphatic heterocycles. The lowest BCUT2D eigenvalue weighted by Crippen LogP contribution is -1.80. The van der Waals surface area contributed by atoms with E-state index in [1.165, 1.54) is 5.56 Å². The van der Waals surface area contributed by atoms with Crippen LogP contribution in [0.2, 0.25) is 5.15 Å². The van der Waals surface area contributed by atoms with Gasteiger partial charge in [-0.2, -0.15) is 0 Å². The Morgan fingerprint density at radius 2 is 2.12 bits per heavy atom. The maximum absolute atomic E-state index is 6.25. The Bertz CT molecular complexity index is 630. The lowest BCUT2D eigenvalue weighted by atomic mass is 10.2. The van der Waals surface area contributed by atoms with Crippen LogP contribution in [0.5, 0.6) is 0 Å². The number of benzene rings is 1. The van der Waals surface area contributed by atoms with Crippen LogP contribution in [-0.4, -0.2) is 9.38 Å². The fourth-order valence-corrected chi connectivity index (χ4v) is 3.58. The third-order valence-electron chi connectivity index (χ3n) is 2.39. The highest BCUT2D eigenvalue weighted by Crippen LogP contribution is 2.31. The maximum atomic E-state index is 6.25. The van der Waals surface area contributed by atoms with Crippen LogP contribution in [0.25, 0.3) is 4.96 Å². The average molecular weight is 281 g/mol. The molecule has 0 fully saturated rings. The van der Waals surface area contributed by atoms with Gasteiger partial charge in [0.25, 0.3) is 0 Å². The lowest BCUT2D eigenvalue weighted by Gasteiger charge is -1.98. The first-order valence-corrected chi connectivity index (χ1v) is 7.37. The van der Waals surface area contributed by atoms with Crippen molar-refractivity contribution < 1.29 is 0 Å². The monoisotopic (exact) mass is 280 g/mol. The zero-order chi connectivity index (χ0) is 11.7. The summed E-state index contributed by atoms with van der Waals surface area (Å²) < 4.78 is 1.92. The van der Waals surface area contributed by atoms with Crippen molar-refractivity contribution in [2.45, 2.75) is 10.8 Å². The second-order valence-corrected chi connectivity index (χ2v) is 5.73. The first-order valence-electron chi connectivity index (χ1n) is 5.12. The Morgan fingerprint density at radius 1 is 1.29 bits per heavy atom. The van der Waals surface area contributed by atoms with Crippen LogP contribution in [0.3, 0.4) is 0 Å². The molecule has 0 aliphatic rings. The molecule has 2 nitrogen and oxygen atoms in total. The molecule has 1 aromatic carbocycles. The van der Waals surface area contributed by atoms with E-state index < -0.39 is 0 Å². The molecular weight excluding hydrogens is 272 g/mol. The second-order valence-electron chi connectivity index (χ2n) is 3.54. The third-order valence-corrected chi connectivity index (χ3v) is 4.66. The minimum atomic E-state index is 0.710. The van der Waals surface area contributed by atoms with E-state index in [2.05, 4.69) is 17.1 Å². The number of hydrogen-bond donors (Lipinski definition) is 0. The molecule has 0 saturated heterocycles. The van der Waals surface area contributed by atoms with Crippen molar-refractivity contribution in [3.8, 4) is 0 Å². The van der Waals surface area contributed by atoms with Gasteiger partial charge >= 0.3 is 0 Å². The van der Waals surface area contributed by atoms with E-state index in [9.17, 15) is 0 Å². The van der Waals surface area contributed by atoms with Gasteiger partial charge in [0.15, 0.2) is 4.96 Å². The van der Waals surface area contributed by atoms with Crippen LogP contribution < -0.4 is 0 Å². The van der Waals surface area contributed by atoms with E-state index in [0.717, 1.165) is 15.7 Å². The Kier molecular flexibility index (Phi) is 3.09. The van der Waals surface area contributed by atoms with E-state index in [-0.39, 0.29) is 0 Å². The number of thioether (sulfide) groups is 1. The van der Waals surface area contributed by atoms with Gasteiger partial charge in [0.1, 0.15) is 10.2 Å². The predicted octanol–water partition coefficient (Wildman–Crippen LogP) is 4.34. The molecule has 0 atom stereocenters. The van der Waals surface area contributed by atoms with Crippen molar-refractivity contribution in [1.82, 2.24) is 9.38 Å². The highest BCUT2D eigenvalue weighted by atomic mass is 35.5. The van der Waals surface area contributed by atoms with Crippen molar-refractivity contribution in [3.63, 3.8) is 0 Å². The molecule has 3 aromatic rings. The van der Waals surface area contributed by atoms with Gasteiger partial charge in [0, 0.05) is 17.3 Å². The normalized spacial score (nSPS) is 11.1. The number of imidazole rings is 1. The SMILES string of the molecule is Clc1c(SCc2ccccc2)nc2sccn12. The first kappa shape index (κ1) is 11.1. The number of rotatable bonds is 3. The molecule has 0 unspecified atom stereocenters. The Morgan fingerprint density at radius 3 is 2.88 bits per heavy atom. The summed E-state index contributed by atoms with van der Waals surface area (Å²) >= 11 is 9.52. The summed E-state index contributed by atoms with van der Waals surface area (Å²) in [6.07, 6.45) is 1.95. The van der Waals surface area contributed by atoms with E-state index >= 15 is 0 Å². The maximum Gasteiger partial charge on any atom is 0.195 e. The summed E-state index contributed by atoms with van der Waals surface area (Å²) in [5.41, 5.74) is 1.28. The average Bonchev–Trinajstić information content (AvgIpc) is 2.92. The smallest absolute Gasteiger partial charge is 0.195 e. The molecule has 2 heterocycles. The molecule has 0 spiro atoms. The van der Waals surface area contributed by atoms with Gasteiger partial charge in [0.2, 0.25) is 0 Å². The Labute approximate surface area is 112 Å². The van der Waals surface area contributed by atoms with Crippen LogP contribution in [-0.2, 0) is 5.75 Å². The zero-order valence-corrected chi connectivity index (χ0v) is 11.2. The minimum absolute atomic E-state index is 0.710. The summed E-state index contributed by atoms with van der Waals surface area (Å²) in [6, 6.07) is 10.3. The van der Waals surface area contributed by atoms with E-state index in [4.69, 9.17) is 11.6 Å². The van der Waals surface area contributed by atoms with Gasteiger partial charge in [0.05, 0.1) is 0 Å². The molecule has 0 saturated carbocycles. The predicted molar refractivity (Wildman–Crippen MR) is 74.1 cm³/mol. The highest BCUT2D eigenvalue weighted by Gasteiger charge is 2.11. The van der Waals surface area contributed by atoms with Gasteiger partial charge in [-0.1, -0.05) is 53.7 Å². The van der Waals surface area contributed by atoms with Crippen molar-refractivity contribution in [3.05, 3.63) is 52.6 Å². The molecule has 86 valence electrons. The largest absolute Gasteiger partial charge is 0.280 e. The van der Waals surface area contributed by atoms with Crippen molar-refractivity contribution in [2.75, 3.05) is 0 Å². The van der Waals surface area contributed by atoms with Crippen LogP contribution in [0, 0.1) is 0 Å². The van der Waals surface area contributed by atoms with Crippen molar-refractivity contribution in [2.24, 2.45) is 0 Å². The van der Waals surface area contributed by atoms with Crippen LogP contribution >= 0.6 is 34.7 Å². The third kappa shape index (κ3) is 2.20. The number of halogens is 1. The highest BCUT2D eigenvalue weighted by molar-refractivity contribution is 7.98. The fourth-order valence-electron chi connectivity index (χ4n) is 1.56. The molecule has 5 heteroatoms.